The number of nitrogens with one attached hydrogen (secondary N) is 1. The van der Waals surface area contributed by atoms with Gasteiger partial charge in [0.1, 0.15) is 11.8 Å². The molecule has 28 heavy (non-hydrogen) atoms. The van der Waals surface area contributed by atoms with Gasteiger partial charge in [0.2, 0.25) is 15.9 Å². The first-order valence-corrected chi connectivity index (χ1v) is 11.1. The first kappa shape index (κ1) is 22.3. The van der Waals surface area contributed by atoms with Crippen molar-refractivity contribution >= 4 is 50.5 Å². The summed E-state index contributed by atoms with van der Waals surface area (Å²) in [5, 5.41) is 3.60. The second kappa shape index (κ2) is 9.03. The Morgan fingerprint density at radius 3 is 2.50 bits per heavy atom. The van der Waals surface area contributed by atoms with E-state index < -0.39 is 22.0 Å². The molecular weight excluding hydrogens is 423 g/mol. The lowest BCUT2D eigenvalue weighted by Gasteiger charge is -2.31. The van der Waals surface area contributed by atoms with Crippen LogP contribution in [0.4, 0.5) is 11.4 Å². The Labute approximate surface area is 175 Å². The fraction of sp³-hybridized carbons (Fsp3) is 0.316. The van der Waals surface area contributed by atoms with E-state index in [0.29, 0.717) is 27.0 Å². The molecule has 2 rings (SSSR count). The van der Waals surface area contributed by atoms with Gasteiger partial charge in [-0.25, -0.2) is 8.42 Å². The molecule has 0 bridgehead atoms. The molecular formula is C19H22Cl2N2O4S. The summed E-state index contributed by atoms with van der Waals surface area (Å²) in [6.07, 6.45) is 1.27. The van der Waals surface area contributed by atoms with Gasteiger partial charge in [0, 0.05) is 15.7 Å². The molecule has 0 radical (unpaired) electrons. The SMILES string of the molecule is CC[C@@H](C(=O)Nc1cccc(Cl)c1C)N(c1cc(Cl)ccc1OC)S(C)(=O)=O. The van der Waals surface area contributed by atoms with Crippen LogP contribution in [0, 0.1) is 6.92 Å². The van der Waals surface area contributed by atoms with Crippen molar-refractivity contribution in [2.24, 2.45) is 0 Å². The predicted octanol–water partition coefficient (Wildman–Crippen LogP) is 4.49. The number of hydrogen-bond donors (Lipinski definition) is 1. The number of ether oxygens (including phenoxy) is 1. The molecule has 2 aromatic carbocycles. The van der Waals surface area contributed by atoms with Crippen molar-refractivity contribution < 1.29 is 17.9 Å². The zero-order valence-corrected chi connectivity index (χ0v) is 18.3. The monoisotopic (exact) mass is 444 g/mol. The molecule has 0 aliphatic heterocycles. The number of amides is 1. The van der Waals surface area contributed by atoms with Crippen LogP contribution in [0.2, 0.25) is 10.0 Å². The molecule has 0 heterocycles. The summed E-state index contributed by atoms with van der Waals surface area (Å²) in [6, 6.07) is 8.71. The van der Waals surface area contributed by atoms with Crippen molar-refractivity contribution in [1.82, 2.24) is 0 Å². The van der Waals surface area contributed by atoms with Gasteiger partial charge in [0.15, 0.2) is 0 Å². The molecule has 1 N–H and O–H groups in total. The Balaban J connectivity index is 2.51. The van der Waals surface area contributed by atoms with Crippen LogP contribution in [0.1, 0.15) is 18.9 Å². The number of rotatable bonds is 7. The molecule has 6 nitrogen and oxygen atoms in total. The maximum Gasteiger partial charge on any atom is 0.248 e. The first-order valence-electron chi connectivity index (χ1n) is 8.49. The van der Waals surface area contributed by atoms with E-state index in [4.69, 9.17) is 27.9 Å². The zero-order chi connectivity index (χ0) is 21.1. The third-order valence-electron chi connectivity index (χ3n) is 4.23. The molecule has 1 amide bonds. The lowest BCUT2D eigenvalue weighted by Crippen LogP contribution is -2.47. The number of hydrogen-bond acceptors (Lipinski definition) is 4. The molecule has 0 unspecified atom stereocenters. The van der Waals surface area contributed by atoms with Crippen molar-refractivity contribution in [3.63, 3.8) is 0 Å². The normalized spacial score (nSPS) is 12.4. The number of halogens is 2. The van der Waals surface area contributed by atoms with E-state index >= 15 is 0 Å². The van der Waals surface area contributed by atoms with E-state index in [9.17, 15) is 13.2 Å². The summed E-state index contributed by atoms with van der Waals surface area (Å²) in [6.45, 7) is 3.50. The zero-order valence-electron chi connectivity index (χ0n) is 16.0. The molecule has 0 saturated heterocycles. The second-order valence-corrected chi connectivity index (χ2v) is 8.90. The van der Waals surface area contributed by atoms with Gasteiger partial charge in [0.05, 0.1) is 19.1 Å². The molecule has 0 aliphatic rings. The smallest absolute Gasteiger partial charge is 0.248 e. The number of anilines is 2. The summed E-state index contributed by atoms with van der Waals surface area (Å²) in [4.78, 5) is 13.0. The van der Waals surface area contributed by atoms with Gasteiger partial charge in [-0.15, -0.1) is 0 Å². The van der Waals surface area contributed by atoms with Crippen molar-refractivity contribution in [2.75, 3.05) is 23.0 Å². The quantitative estimate of drug-likeness (QED) is 0.681. The molecule has 9 heteroatoms. The summed E-state index contributed by atoms with van der Waals surface area (Å²) in [5.41, 5.74) is 1.41. The Bertz CT molecular complexity index is 980. The number of carbonyl (C=O) groups excluding carboxylic acids is 1. The Morgan fingerprint density at radius 2 is 1.93 bits per heavy atom. The van der Waals surface area contributed by atoms with Crippen LogP contribution in [0.3, 0.4) is 0 Å². The van der Waals surface area contributed by atoms with E-state index in [-0.39, 0.29) is 12.1 Å². The second-order valence-electron chi connectivity index (χ2n) is 6.20. The number of methoxy groups -OCH3 is 1. The van der Waals surface area contributed by atoms with Gasteiger partial charge in [-0.05, 0) is 49.2 Å². The number of carbonyl (C=O) groups is 1. The van der Waals surface area contributed by atoms with Crippen molar-refractivity contribution in [3.05, 3.63) is 52.0 Å². The van der Waals surface area contributed by atoms with Crippen molar-refractivity contribution in [2.45, 2.75) is 26.3 Å². The largest absolute Gasteiger partial charge is 0.495 e. The summed E-state index contributed by atoms with van der Waals surface area (Å²) in [7, 11) is -2.41. The highest BCUT2D eigenvalue weighted by molar-refractivity contribution is 7.92. The van der Waals surface area contributed by atoms with Gasteiger partial charge in [-0.2, -0.15) is 0 Å². The maximum atomic E-state index is 13.0. The Hall–Kier alpha value is -1.96. The van der Waals surface area contributed by atoms with Gasteiger partial charge in [-0.3, -0.25) is 9.10 Å². The molecule has 0 spiro atoms. The fourth-order valence-electron chi connectivity index (χ4n) is 2.83. The summed E-state index contributed by atoms with van der Waals surface area (Å²) < 4.78 is 31.6. The van der Waals surface area contributed by atoms with Gasteiger partial charge < -0.3 is 10.1 Å². The third-order valence-corrected chi connectivity index (χ3v) is 6.04. The minimum atomic E-state index is -3.83. The number of benzene rings is 2. The van der Waals surface area contributed by atoms with Crippen LogP contribution in [0.15, 0.2) is 36.4 Å². The maximum absolute atomic E-state index is 13.0. The molecule has 0 aliphatic carbocycles. The summed E-state index contributed by atoms with van der Waals surface area (Å²) in [5.74, 6) is -0.194. The third kappa shape index (κ3) is 4.90. The predicted molar refractivity (Wildman–Crippen MR) is 114 cm³/mol. The summed E-state index contributed by atoms with van der Waals surface area (Å²) >= 11 is 12.2. The number of sulfonamides is 1. The van der Waals surface area contributed by atoms with Crippen LogP contribution in [0.25, 0.3) is 0 Å². The molecule has 1 atom stereocenters. The van der Waals surface area contributed by atoms with Crippen LogP contribution >= 0.6 is 23.2 Å². The molecule has 0 fully saturated rings. The Kier molecular flexibility index (Phi) is 7.20. The van der Waals surface area contributed by atoms with E-state index in [1.807, 2.05) is 0 Å². The Morgan fingerprint density at radius 1 is 1.25 bits per heavy atom. The minimum absolute atomic E-state index is 0.197. The molecule has 152 valence electrons. The molecule has 0 aromatic heterocycles. The van der Waals surface area contributed by atoms with Gasteiger partial charge in [0.25, 0.3) is 0 Å². The highest BCUT2D eigenvalue weighted by Crippen LogP contribution is 2.35. The highest BCUT2D eigenvalue weighted by atomic mass is 35.5. The van der Waals surface area contributed by atoms with Crippen LogP contribution < -0.4 is 14.4 Å². The van der Waals surface area contributed by atoms with Crippen molar-refractivity contribution in [1.29, 1.82) is 0 Å². The minimum Gasteiger partial charge on any atom is -0.495 e. The lowest BCUT2D eigenvalue weighted by molar-refractivity contribution is -0.117. The van der Waals surface area contributed by atoms with Gasteiger partial charge >= 0.3 is 0 Å². The fourth-order valence-corrected chi connectivity index (χ4v) is 4.38. The van der Waals surface area contributed by atoms with E-state index in [0.717, 1.165) is 10.6 Å². The van der Waals surface area contributed by atoms with Crippen LogP contribution in [-0.2, 0) is 14.8 Å². The van der Waals surface area contributed by atoms with E-state index in [1.54, 1.807) is 44.2 Å². The van der Waals surface area contributed by atoms with Crippen LogP contribution in [-0.4, -0.2) is 33.7 Å². The standard InChI is InChI=1S/C19H22Cl2N2O4S/c1-5-16(19(24)22-15-8-6-7-14(21)12(15)2)23(28(4,25)26)17-11-13(20)9-10-18(17)27-3/h6-11,16H,5H2,1-4H3,(H,22,24)/t16-/m0/s1. The topological polar surface area (TPSA) is 75.7 Å². The van der Waals surface area contributed by atoms with E-state index in [1.165, 1.54) is 13.2 Å². The average Bonchev–Trinajstić information content (AvgIpc) is 2.62. The van der Waals surface area contributed by atoms with E-state index in [2.05, 4.69) is 5.32 Å². The average molecular weight is 445 g/mol. The lowest BCUT2D eigenvalue weighted by atomic mass is 10.1. The highest BCUT2D eigenvalue weighted by Gasteiger charge is 2.33. The first-order chi connectivity index (χ1) is 13.1. The van der Waals surface area contributed by atoms with Crippen LogP contribution in [0.5, 0.6) is 5.75 Å². The van der Waals surface area contributed by atoms with Crippen molar-refractivity contribution in [3.8, 4) is 5.75 Å². The van der Waals surface area contributed by atoms with Gasteiger partial charge in [-0.1, -0.05) is 36.2 Å². The molecule has 0 saturated carbocycles. The number of nitrogens with zero attached hydrogens (tertiary/aromatic N) is 1. The molecule has 2 aromatic rings.